The number of carbonyl (C=O) groups excluding carboxylic acids is 3. The quantitative estimate of drug-likeness (QED) is 0.503. The normalized spacial score (nSPS) is 26.3. The van der Waals surface area contributed by atoms with E-state index >= 15 is 0 Å². The molecule has 2 aromatic carbocycles. The van der Waals surface area contributed by atoms with Crippen molar-refractivity contribution in [3.8, 4) is 0 Å². The fraction of sp³-hybridized carbons (Fsp3) is 0.276. The van der Waals surface area contributed by atoms with Gasteiger partial charge in [-0.1, -0.05) is 69.3 Å². The lowest BCUT2D eigenvalue weighted by molar-refractivity contribution is -0.131. The number of nitrogens with zero attached hydrogens (tertiary/aromatic N) is 1. The van der Waals surface area contributed by atoms with Crippen molar-refractivity contribution in [3.63, 3.8) is 0 Å². The highest BCUT2D eigenvalue weighted by Crippen LogP contribution is 2.62. The Labute approximate surface area is 208 Å². The smallest absolute Gasteiger partial charge is 0.238 e. The molecule has 35 heavy (non-hydrogen) atoms. The highest BCUT2D eigenvalue weighted by atomic mass is 32.1. The zero-order chi connectivity index (χ0) is 24.5. The number of hydrogen-bond acceptors (Lipinski definition) is 5. The predicted octanol–water partition coefficient (Wildman–Crippen LogP) is 5.46. The minimum Gasteiger partial charge on any atom is -0.358 e. The summed E-state index contributed by atoms with van der Waals surface area (Å²) in [6.07, 6.45) is 3.90. The number of carbonyl (C=O) groups is 3. The molecule has 0 bridgehead atoms. The van der Waals surface area contributed by atoms with Crippen molar-refractivity contribution < 1.29 is 14.4 Å². The van der Waals surface area contributed by atoms with E-state index in [4.69, 9.17) is 0 Å². The molecule has 6 rings (SSSR count). The van der Waals surface area contributed by atoms with Crippen LogP contribution in [0, 0.1) is 11.3 Å². The molecule has 1 N–H and O–H groups in total. The first-order valence-electron chi connectivity index (χ1n) is 11.8. The van der Waals surface area contributed by atoms with Crippen LogP contribution in [-0.2, 0) is 15.0 Å². The summed E-state index contributed by atoms with van der Waals surface area (Å²) in [5.74, 6) is -1.31. The molecule has 1 saturated heterocycles. The largest absolute Gasteiger partial charge is 0.358 e. The zero-order valence-electron chi connectivity index (χ0n) is 19.8. The first kappa shape index (κ1) is 22.0. The molecule has 3 aliphatic heterocycles. The van der Waals surface area contributed by atoms with Crippen LogP contribution in [-0.4, -0.2) is 28.4 Å². The number of anilines is 1. The Morgan fingerprint density at radius 3 is 2.49 bits per heavy atom. The molecule has 0 aliphatic carbocycles. The van der Waals surface area contributed by atoms with Gasteiger partial charge < -0.3 is 10.2 Å². The van der Waals surface area contributed by atoms with E-state index in [0.29, 0.717) is 10.6 Å². The van der Waals surface area contributed by atoms with Crippen molar-refractivity contribution >= 4 is 40.6 Å². The second-order valence-electron chi connectivity index (χ2n) is 10.5. The third-order valence-electron chi connectivity index (χ3n) is 7.62. The number of nitrogens with one attached hydrogen (secondary N) is 1. The summed E-state index contributed by atoms with van der Waals surface area (Å²) in [5, 5.41) is 4.93. The van der Waals surface area contributed by atoms with Crippen molar-refractivity contribution in [3.05, 3.63) is 93.8 Å². The minimum absolute atomic E-state index is 0.0458. The maximum atomic E-state index is 14.3. The molecule has 4 atom stereocenters. The van der Waals surface area contributed by atoms with E-state index in [0.717, 1.165) is 16.7 Å². The summed E-state index contributed by atoms with van der Waals surface area (Å²) >= 11 is 1.35. The van der Waals surface area contributed by atoms with Gasteiger partial charge >= 0.3 is 0 Å². The van der Waals surface area contributed by atoms with Gasteiger partial charge in [0.1, 0.15) is 5.41 Å². The Balaban J connectivity index is 1.70. The number of para-hydroxylation sites is 1. The Morgan fingerprint density at radius 1 is 1.00 bits per heavy atom. The molecular formula is C29H26N2O3S. The Kier molecular flexibility index (Phi) is 4.71. The van der Waals surface area contributed by atoms with Gasteiger partial charge in [-0.25, -0.2) is 0 Å². The van der Waals surface area contributed by atoms with Crippen LogP contribution in [0.15, 0.2) is 72.2 Å². The van der Waals surface area contributed by atoms with Gasteiger partial charge in [0.2, 0.25) is 5.91 Å². The van der Waals surface area contributed by atoms with E-state index in [1.165, 1.54) is 11.3 Å². The lowest BCUT2D eigenvalue weighted by Crippen LogP contribution is -2.50. The first-order chi connectivity index (χ1) is 16.8. The average Bonchev–Trinajstić information content (AvgIpc) is 3.55. The summed E-state index contributed by atoms with van der Waals surface area (Å²) in [4.78, 5) is 45.2. The molecule has 1 aromatic heterocycles. The molecule has 0 radical (unpaired) electrons. The third kappa shape index (κ3) is 2.89. The van der Waals surface area contributed by atoms with E-state index in [1.54, 1.807) is 6.07 Å². The SMILES string of the molecule is CC(C)(C)C(=O)[C@@H]1[C@H](C(=O)c2cccs2)[C@@]2(C(=O)Nc3ccccc32)[C@H]2c3ccccc3C=CN12. The topological polar surface area (TPSA) is 66.5 Å². The molecule has 6 heteroatoms. The van der Waals surface area contributed by atoms with Crippen LogP contribution in [0.3, 0.4) is 0 Å². The van der Waals surface area contributed by atoms with Crippen molar-refractivity contribution in [1.29, 1.82) is 0 Å². The molecule has 1 spiro atoms. The van der Waals surface area contributed by atoms with Gasteiger partial charge in [0.05, 0.1) is 22.9 Å². The summed E-state index contributed by atoms with van der Waals surface area (Å²) in [7, 11) is 0. The Hall–Kier alpha value is -3.51. The van der Waals surface area contributed by atoms with Crippen LogP contribution < -0.4 is 5.32 Å². The van der Waals surface area contributed by atoms with Crippen LogP contribution in [0.25, 0.3) is 6.08 Å². The van der Waals surface area contributed by atoms with Crippen LogP contribution in [0.1, 0.15) is 53.2 Å². The summed E-state index contributed by atoms with van der Waals surface area (Å²) < 4.78 is 0. The van der Waals surface area contributed by atoms with Gasteiger partial charge in [-0.15, -0.1) is 11.3 Å². The minimum atomic E-state index is -1.25. The van der Waals surface area contributed by atoms with Gasteiger partial charge in [-0.3, -0.25) is 14.4 Å². The van der Waals surface area contributed by atoms with Crippen LogP contribution in [0.4, 0.5) is 5.69 Å². The number of rotatable bonds is 3. The summed E-state index contributed by atoms with van der Waals surface area (Å²) in [6, 6.07) is 17.9. The number of ketones is 2. The number of fused-ring (bicyclic) bond motifs is 6. The van der Waals surface area contributed by atoms with Crippen LogP contribution in [0.2, 0.25) is 0 Å². The van der Waals surface area contributed by atoms with E-state index in [2.05, 4.69) is 5.32 Å². The third-order valence-corrected chi connectivity index (χ3v) is 8.51. The molecule has 1 amide bonds. The van der Waals surface area contributed by atoms with E-state index in [1.807, 2.05) is 97.9 Å². The van der Waals surface area contributed by atoms with Crippen LogP contribution in [0.5, 0.6) is 0 Å². The summed E-state index contributed by atoms with van der Waals surface area (Å²) in [6.45, 7) is 5.64. The van der Waals surface area contributed by atoms with Gasteiger partial charge in [-0.05, 0) is 40.3 Å². The number of amides is 1. The molecular weight excluding hydrogens is 456 g/mol. The second-order valence-corrected chi connectivity index (χ2v) is 11.5. The van der Waals surface area contributed by atoms with Gasteiger partial charge in [0, 0.05) is 17.3 Å². The van der Waals surface area contributed by atoms with Crippen molar-refractivity contribution in [2.45, 2.75) is 38.3 Å². The van der Waals surface area contributed by atoms with Crippen molar-refractivity contribution in [1.82, 2.24) is 4.90 Å². The van der Waals surface area contributed by atoms with E-state index in [-0.39, 0.29) is 17.5 Å². The summed E-state index contributed by atoms with van der Waals surface area (Å²) in [5.41, 5.74) is 1.49. The number of hydrogen-bond donors (Lipinski definition) is 1. The molecule has 3 aliphatic rings. The number of Topliss-reactive ketones (excluding diaryl/α,β-unsaturated/α-hetero) is 2. The van der Waals surface area contributed by atoms with E-state index in [9.17, 15) is 14.4 Å². The maximum absolute atomic E-state index is 14.3. The predicted molar refractivity (Wildman–Crippen MR) is 137 cm³/mol. The standard InChI is InChI=1S/C29H26N2O3S/c1-28(2,3)26(33)23-22(24(32)21-13-8-16-35-21)29(19-11-6-7-12-20(19)30-27(29)34)25-18-10-5-4-9-17(18)14-15-31(23)25/h4-16,22-23,25H,1-3H3,(H,30,34)/t22-,23+,25-,29-/m1/s1. The second kappa shape index (κ2) is 7.49. The lowest BCUT2D eigenvalue weighted by Gasteiger charge is -2.38. The van der Waals surface area contributed by atoms with Gasteiger partial charge in [-0.2, -0.15) is 0 Å². The molecule has 0 saturated carbocycles. The maximum Gasteiger partial charge on any atom is 0.238 e. The zero-order valence-corrected chi connectivity index (χ0v) is 20.6. The Morgan fingerprint density at radius 2 is 1.74 bits per heavy atom. The van der Waals surface area contributed by atoms with Gasteiger partial charge in [0.15, 0.2) is 11.6 Å². The molecule has 1 fully saturated rings. The van der Waals surface area contributed by atoms with Crippen molar-refractivity contribution in [2.24, 2.45) is 11.3 Å². The van der Waals surface area contributed by atoms with Crippen molar-refractivity contribution in [2.75, 3.05) is 5.32 Å². The molecule has 0 unspecified atom stereocenters. The lowest BCUT2D eigenvalue weighted by atomic mass is 9.62. The van der Waals surface area contributed by atoms with Crippen LogP contribution >= 0.6 is 11.3 Å². The monoisotopic (exact) mass is 482 g/mol. The molecule has 3 aromatic rings. The fourth-order valence-corrected chi connectivity index (χ4v) is 6.89. The fourth-order valence-electron chi connectivity index (χ4n) is 6.18. The number of thiophene rings is 1. The Bertz CT molecular complexity index is 1400. The van der Waals surface area contributed by atoms with Gasteiger partial charge in [0.25, 0.3) is 0 Å². The number of benzene rings is 2. The highest BCUT2D eigenvalue weighted by Gasteiger charge is 2.71. The molecule has 5 nitrogen and oxygen atoms in total. The highest BCUT2D eigenvalue weighted by molar-refractivity contribution is 7.12. The molecule has 176 valence electrons. The average molecular weight is 483 g/mol. The molecule has 4 heterocycles. The van der Waals surface area contributed by atoms with E-state index < -0.39 is 28.8 Å². The first-order valence-corrected chi connectivity index (χ1v) is 12.7.